The van der Waals surface area contributed by atoms with Gasteiger partial charge in [0.15, 0.2) is 0 Å². The number of carboxylic acids is 1. The topological polar surface area (TPSA) is 177 Å². The molecule has 0 fully saturated rings. The zero-order chi connectivity index (χ0) is 37.6. The van der Waals surface area contributed by atoms with Gasteiger partial charge in [-0.1, -0.05) is 25.0 Å². The van der Waals surface area contributed by atoms with Crippen LogP contribution in [0, 0.1) is 0 Å². The van der Waals surface area contributed by atoms with E-state index in [9.17, 15) is 28.8 Å². The molecular weight excluding hydrogens is 558 g/mol. The van der Waals surface area contributed by atoms with Gasteiger partial charge in [-0.2, -0.15) is 0 Å². The molecule has 0 radical (unpaired) electrons. The van der Waals surface area contributed by atoms with Gasteiger partial charge in [0.05, 0.1) is 12.7 Å². The Morgan fingerprint density at radius 3 is 1.93 bits per heavy atom. The molecule has 2 aromatic carbocycles. The number of unbranched alkanes of at least 4 members (excludes halogenated alkanes) is 2. The molecule has 0 aliphatic carbocycles. The molecule has 0 saturated carbocycles. The standard InChI is InChI=1S/C22H32N2O6.C9H9NO3/c1-15(25)23-17-11-9-10-16(14-17)20(27)24-18(21(28)29-5)12-7-6-8-13-19(26)30-22(2,3)4;1-6(11)10-8-4-2-3-7(5-8)9(12)13/h9-11,14,18H,6-8,12-13H2,1-5H3,(H,23,25)(H,24,27);2-5H,1H3,(H,10,11)(H,12,13)/t18-;/m1./s1/i2*1D3. The van der Waals surface area contributed by atoms with Crippen LogP contribution in [-0.2, 0) is 28.7 Å². The van der Waals surface area contributed by atoms with Crippen molar-refractivity contribution in [3.63, 3.8) is 0 Å². The Hall–Kier alpha value is -4.74. The van der Waals surface area contributed by atoms with Crippen LogP contribution in [0.5, 0.6) is 0 Å². The second-order valence-electron chi connectivity index (χ2n) is 10.1. The van der Waals surface area contributed by atoms with E-state index in [1.165, 1.54) is 55.6 Å². The molecule has 4 N–H and O–H groups in total. The number of anilines is 2. The van der Waals surface area contributed by atoms with Crippen molar-refractivity contribution in [2.24, 2.45) is 0 Å². The Morgan fingerprint density at radius 1 is 0.860 bits per heavy atom. The molecule has 0 aromatic heterocycles. The van der Waals surface area contributed by atoms with Gasteiger partial charge in [-0.15, -0.1) is 0 Å². The molecule has 2 rings (SSSR count). The quantitative estimate of drug-likeness (QED) is 0.200. The summed E-state index contributed by atoms with van der Waals surface area (Å²) in [5, 5.41) is 15.6. The summed E-state index contributed by atoms with van der Waals surface area (Å²) in [7, 11) is 1.22. The first kappa shape index (κ1) is 27.1. The van der Waals surface area contributed by atoms with E-state index < -0.39 is 55.0 Å². The van der Waals surface area contributed by atoms with Crippen molar-refractivity contribution in [3.8, 4) is 0 Å². The van der Waals surface area contributed by atoms with E-state index in [1.807, 2.05) is 0 Å². The summed E-state index contributed by atoms with van der Waals surface area (Å²) in [5.74, 6) is -4.93. The van der Waals surface area contributed by atoms with Crippen LogP contribution in [-0.4, -0.2) is 59.5 Å². The fourth-order valence-electron chi connectivity index (χ4n) is 3.55. The van der Waals surface area contributed by atoms with Gasteiger partial charge >= 0.3 is 17.9 Å². The van der Waals surface area contributed by atoms with Crippen LogP contribution in [0.2, 0.25) is 0 Å². The van der Waals surface area contributed by atoms with Gasteiger partial charge in [0.2, 0.25) is 11.8 Å². The fourth-order valence-corrected chi connectivity index (χ4v) is 3.55. The lowest BCUT2D eigenvalue weighted by molar-refractivity contribution is -0.155. The maximum Gasteiger partial charge on any atom is 0.335 e. The average molecular weight is 606 g/mol. The van der Waals surface area contributed by atoms with Crippen LogP contribution in [0.3, 0.4) is 0 Å². The van der Waals surface area contributed by atoms with E-state index >= 15 is 0 Å². The Balaban J connectivity index is 0.000000624. The number of esters is 2. The number of hydrogen-bond donors (Lipinski definition) is 4. The second-order valence-corrected chi connectivity index (χ2v) is 10.1. The van der Waals surface area contributed by atoms with E-state index in [1.54, 1.807) is 20.8 Å². The van der Waals surface area contributed by atoms with Gasteiger partial charge in [0.25, 0.3) is 5.91 Å². The molecular formula is C31H41N3O9. The number of rotatable bonds is 12. The Kier molecular flexibility index (Phi) is 11.3. The monoisotopic (exact) mass is 605 g/mol. The molecule has 0 aliphatic heterocycles. The van der Waals surface area contributed by atoms with Gasteiger partial charge in [-0.3, -0.25) is 19.2 Å². The highest BCUT2D eigenvalue weighted by molar-refractivity contribution is 5.98. The number of amides is 3. The number of carbonyl (C=O) groups is 6. The minimum absolute atomic E-state index is 0.0247. The first-order valence-electron chi connectivity index (χ1n) is 16.2. The van der Waals surface area contributed by atoms with Crippen LogP contribution in [0.1, 0.15) is 95.5 Å². The van der Waals surface area contributed by atoms with Crippen LogP contribution < -0.4 is 16.0 Å². The molecule has 0 bridgehead atoms. The molecule has 0 aliphatic rings. The molecule has 0 spiro atoms. The molecule has 1 atom stereocenters. The zero-order valence-corrected chi connectivity index (χ0v) is 24.4. The van der Waals surface area contributed by atoms with Crippen molar-refractivity contribution in [3.05, 3.63) is 59.7 Å². The lowest BCUT2D eigenvalue weighted by atomic mass is 10.1. The number of carboxylic acid groups (broad SMARTS) is 1. The molecule has 12 nitrogen and oxygen atoms in total. The highest BCUT2D eigenvalue weighted by Crippen LogP contribution is 2.14. The molecule has 12 heteroatoms. The summed E-state index contributed by atoms with van der Waals surface area (Å²) in [6.07, 6.45) is 2.38. The molecule has 0 unspecified atom stereocenters. The Bertz CT molecular complexity index is 1490. The molecule has 0 saturated heterocycles. The zero-order valence-electron chi connectivity index (χ0n) is 30.4. The van der Waals surface area contributed by atoms with E-state index in [-0.39, 0.29) is 34.9 Å². The van der Waals surface area contributed by atoms with Crippen molar-refractivity contribution in [2.45, 2.75) is 78.2 Å². The number of hydrogen-bond acceptors (Lipinski definition) is 8. The van der Waals surface area contributed by atoms with Crippen molar-refractivity contribution >= 4 is 47.0 Å². The van der Waals surface area contributed by atoms with Crippen molar-refractivity contribution < 1.29 is 51.6 Å². The number of carbonyl (C=O) groups excluding carboxylic acids is 5. The normalized spacial score (nSPS) is 13.8. The first-order valence-corrected chi connectivity index (χ1v) is 13.2. The summed E-state index contributed by atoms with van der Waals surface area (Å²) in [5.41, 5.74) is -0.147. The maximum absolute atomic E-state index is 12.6. The van der Waals surface area contributed by atoms with Crippen molar-refractivity contribution in [1.82, 2.24) is 5.32 Å². The van der Waals surface area contributed by atoms with Gasteiger partial charge in [-0.25, -0.2) is 9.59 Å². The summed E-state index contributed by atoms with van der Waals surface area (Å²) in [6.45, 7) is -0.181. The fraction of sp³-hybridized carbons (Fsp3) is 0.419. The highest BCUT2D eigenvalue weighted by Gasteiger charge is 2.22. The molecule has 2 aromatic rings. The number of methoxy groups -OCH3 is 1. The van der Waals surface area contributed by atoms with Crippen LogP contribution in [0.25, 0.3) is 0 Å². The lowest BCUT2D eigenvalue weighted by Crippen LogP contribution is -2.41. The summed E-state index contributed by atoms with van der Waals surface area (Å²) < 4.78 is 51.8. The third-order valence-corrected chi connectivity index (χ3v) is 5.33. The minimum Gasteiger partial charge on any atom is -0.478 e. The lowest BCUT2D eigenvalue weighted by Gasteiger charge is -2.19. The highest BCUT2D eigenvalue weighted by atomic mass is 16.6. The van der Waals surface area contributed by atoms with E-state index in [0.29, 0.717) is 25.7 Å². The Morgan fingerprint density at radius 2 is 1.42 bits per heavy atom. The van der Waals surface area contributed by atoms with E-state index in [4.69, 9.17) is 22.8 Å². The van der Waals surface area contributed by atoms with Crippen molar-refractivity contribution in [1.29, 1.82) is 0 Å². The number of benzene rings is 2. The molecule has 43 heavy (non-hydrogen) atoms. The number of ether oxygens (including phenoxy) is 2. The first-order chi connectivity index (χ1) is 22.5. The summed E-state index contributed by atoms with van der Waals surface area (Å²) >= 11 is 0. The predicted octanol–water partition coefficient (Wildman–Crippen LogP) is 4.55. The predicted molar refractivity (Wildman–Crippen MR) is 161 cm³/mol. The van der Waals surface area contributed by atoms with E-state index in [2.05, 4.69) is 16.0 Å². The maximum atomic E-state index is 12.6. The minimum atomic E-state index is -2.82. The Labute approximate surface area is 259 Å². The summed E-state index contributed by atoms with van der Waals surface area (Å²) in [4.78, 5) is 69.8. The SMILES string of the molecule is [2H]C([2H])([2H])C(=O)Nc1cccc(C(=O)N[C@H](CCCCCC(=O)OC(C)(C)C)C(=O)OC)c1.[2H]C([2H])([2H])C(=O)Nc1cccc(C(=O)O)c1. The van der Waals surface area contributed by atoms with Crippen LogP contribution in [0.4, 0.5) is 11.4 Å². The average Bonchev–Trinajstić information content (AvgIpc) is 2.98. The van der Waals surface area contributed by atoms with Crippen LogP contribution in [0.15, 0.2) is 48.5 Å². The van der Waals surface area contributed by atoms with Crippen LogP contribution >= 0.6 is 0 Å². The second kappa shape index (κ2) is 17.9. The third kappa shape index (κ3) is 15.7. The van der Waals surface area contributed by atoms with Gasteiger partial charge < -0.3 is 30.5 Å². The summed E-state index contributed by atoms with van der Waals surface area (Å²) in [6, 6.07) is 10.2. The van der Waals surface area contributed by atoms with Gasteiger partial charge in [0.1, 0.15) is 11.6 Å². The number of nitrogens with one attached hydrogen (secondary N) is 3. The molecule has 234 valence electrons. The smallest absolute Gasteiger partial charge is 0.335 e. The van der Waals surface area contributed by atoms with Gasteiger partial charge in [-0.05, 0) is 70.0 Å². The number of aromatic carboxylic acids is 1. The van der Waals surface area contributed by atoms with Crippen molar-refractivity contribution in [2.75, 3.05) is 17.7 Å². The van der Waals surface area contributed by atoms with Gasteiger partial charge in [0, 0.05) is 45.3 Å². The third-order valence-electron chi connectivity index (χ3n) is 5.33. The molecule has 0 heterocycles. The molecule has 3 amide bonds. The van der Waals surface area contributed by atoms with E-state index in [0.717, 1.165) is 0 Å². The largest absolute Gasteiger partial charge is 0.478 e.